The van der Waals surface area contributed by atoms with E-state index in [-0.39, 0.29) is 42.2 Å². The molecule has 0 aliphatic rings. The normalized spacial score (nSPS) is 9.87. The number of hydrogen-bond acceptors (Lipinski definition) is 8. The number of hydrogen-bond donors (Lipinski definition) is 2. The van der Waals surface area contributed by atoms with E-state index in [4.69, 9.17) is 5.26 Å². The first-order chi connectivity index (χ1) is 14.3. The van der Waals surface area contributed by atoms with E-state index in [1.54, 1.807) is 0 Å². The molecule has 0 spiro atoms. The van der Waals surface area contributed by atoms with Crippen molar-refractivity contribution in [2.45, 2.75) is 6.42 Å². The number of rotatable bonds is 9. The van der Waals surface area contributed by atoms with Gasteiger partial charge in [-0.3, -0.25) is 24.5 Å². The molecule has 154 valence electrons. The maximum absolute atomic E-state index is 12.3. The number of anilines is 1. The van der Waals surface area contributed by atoms with E-state index < -0.39 is 16.8 Å². The third-order valence-electron chi connectivity index (χ3n) is 4.07. The quantitative estimate of drug-likeness (QED) is 0.276. The van der Waals surface area contributed by atoms with Crippen LogP contribution in [0.2, 0.25) is 0 Å². The van der Waals surface area contributed by atoms with Gasteiger partial charge in [-0.15, -0.1) is 0 Å². The van der Waals surface area contributed by atoms with Crippen molar-refractivity contribution in [1.82, 2.24) is 5.32 Å². The van der Waals surface area contributed by atoms with Crippen LogP contribution in [0.15, 0.2) is 42.5 Å². The minimum absolute atomic E-state index is 0.0262. The van der Waals surface area contributed by atoms with Crippen molar-refractivity contribution in [3.05, 3.63) is 69.3 Å². The smallest absolute Gasteiger partial charge is 0.307 e. The molecule has 0 bridgehead atoms. The average Bonchev–Trinajstić information content (AvgIpc) is 2.76. The molecular formula is C20H18N4O6. The van der Waals surface area contributed by atoms with Crippen LogP contribution >= 0.6 is 0 Å². The molecule has 0 heterocycles. The Hall–Kier alpha value is -4.26. The van der Waals surface area contributed by atoms with E-state index in [0.29, 0.717) is 11.1 Å². The molecular weight excluding hydrogens is 392 g/mol. The molecule has 0 atom stereocenters. The van der Waals surface area contributed by atoms with Crippen molar-refractivity contribution in [2.75, 3.05) is 25.5 Å². The molecule has 10 nitrogen and oxygen atoms in total. The van der Waals surface area contributed by atoms with Crippen LogP contribution in [0.3, 0.4) is 0 Å². The summed E-state index contributed by atoms with van der Waals surface area (Å²) in [4.78, 5) is 46.2. The number of amides is 1. The van der Waals surface area contributed by atoms with E-state index >= 15 is 0 Å². The molecule has 0 aliphatic heterocycles. The molecule has 0 fully saturated rings. The molecule has 0 saturated heterocycles. The topological polar surface area (TPSA) is 151 Å². The lowest BCUT2D eigenvalue weighted by molar-refractivity contribution is -0.384. The second-order valence-corrected chi connectivity index (χ2v) is 6.04. The molecule has 30 heavy (non-hydrogen) atoms. The van der Waals surface area contributed by atoms with Crippen LogP contribution in [-0.4, -0.2) is 42.8 Å². The number of benzene rings is 2. The minimum atomic E-state index is -0.667. The van der Waals surface area contributed by atoms with E-state index in [1.807, 2.05) is 6.07 Å². The molecule has 0 aliphatic carbocycles. The van der Waals surface area contributed by atoms with Crippen LogP contribution in [-0.2, 0) is 9.53 Å². The Morgan fingerprint density at radius 2 is 1.80 bits per heavy atom. The Kier molecular flexibility index (Phi) is 7.59. The van der Waals surface area contributed by atoms with Crippen molar-refractivity contribution in [1.29, 1.82) is 5.26 Å². The van der Waals surface area contributed by atoms with Gasteiger partial charge in [0.25, 0.3) is 11.6 Å². The summed E-state index contributed by atoms with van der Waals surface area (Å²) >= 11 is 0. The van der Waals surface area contributed by atoms with Crippen molar-refractivity contribution in [3.63, 3.8) is 0 Å². The van der Waals surface area contributed by atoms with Crippen molar-refractivity contribution >= 4 is 29.0 Å². The van der Waals surface area contributed by atoms with E-state index in [1.165, 1.54) is 43.5 Å². The van der Waals surface area contributed by atoms with Crippen molar-refractivity contribution in [3.8, 4) is 6.07 Å². The Bertz CT molecular complexity index is 1010. The summed E-state index contributed by atoms with van der Waals surface area (Å²) in [5.74, 6) is -1.40. The van der Waals surface area contributed by atoms with Gasteiger partial charge < -0.3 is 15.4 Å². The van der Waals surface area contributed by atoms with Gasteiger partial charge in [0, 0.05) is 23.7 Å². The number of carbonyl (C=O) groups excluding carboxylic acids is 3. The van der Waals surface area contributed by atoms with Crippen molar-refractivity contribution < 1.29 is 24.0 Å². The number of nitrogens with zero attached hydrogens (tertiary/aromatic N) is 2. The largest absolute Gasteiger partial charge is 0.469 e. The van der Waals surface area contributed by atoms with E-state index in [9.17, 15) is 24.5 Å². The molecule has 2 rings (SSSR count). The first kappa shape index (κ1) is 22.0. The van der Waals surface area contributed by atoms with Crippen LogP contribution in [0.25, 0.3) is 0 Å². The standard InChI is InChI=1S/C20H18N4O6/c1-30-19(26)8-9-22-20(27)15-6-7-16(17(10-15)24(28)29)23-12-18(25)14-4-2-13(11-21)3-5-14/h2-7,10,23H,8-9,12H2,1H3,(H,22,27). The summed E-state index contributed by atoms with van der Waals surface area (Å²) in [6.07, 6.45) is -0.0264. The minimum Gasteiger partial charge on any atom is -0.469 e. The van der Waals surface area contributed by atoms with E-state index in [0.717, 1.165) is 6.07 Å². The maximum atomic E-state index is 12.3. The number of methoxy groups -OCH3 is 1. The van der Waals surface area contributed by atoms with Gasteiger partial charge in [-0.25, -0.2) is 0 Å². The predicted octanol–water partition coefficient (Wildman–Crippen LogP) is 2.05. The van der Waals surface area contributed by atoms with Crippen LogP contribution in [0.1, 0.15) is 32.7 Å². The first-order valence-electron chi connectivity index (χ1n) is 8.76. The highest BCUT2D eigenvalue weighted by Crippen LogP contribution is 2.25. The second kappa shape index (κ2) is 10.3. The van der Waals surface area contributed by atoms with Gasteiger partial charge in [-0.1, -0.05) is 12.1 Å². The molecule has 0 radical (unpaired) electrons. The summed E-state index contributed by atoms with van der Waals surface area (Å²) < 4.78 is 4.46. The highest BCUT2D eigenvalue weighted by molar-refractivity contribution is 6.00. The van der Waals surface area contributed by atoms with Crippen LogP contribution in [0.5, 0.6) is 0 Å². The Labute approximate surface area is 171 Å². The van der Waals surface area contributed by atoms with Gasteiger partial charge in [0.15, 0.2) is 5.78 Å². The number of nitriles is 1. The first-order valence-corrected chi connectivity index (χ1v) is 8.76. The van der Waals surface area contributed by atoms with Gasteiger partial charge in [0.2, 0.25) is 0 Å². The zero-order valence-corrected chi connectivity index (χ0v) is 16.0. The molecule has 0 unspecified atom stereocenters. The van der Waals surface area contributed by atoms with Gasteiger partial charge in [-0.05, 0) is 24.3 Å². The maximum Gasteiger partial charge on any atom is 0.307 e. The third kappa shape index (κ3) is 5.87. The van der Waals surface area contributed by atoms with Crippen LogP contribution < -0.4 is 10.6 Å². The summed E-state index contributed by atoms with van der Waals surface area (Å²) in [6, 6.07) is 11.7. The van der Waals surface area contributed by atoms with Crippen molar-refractivity contribution in [2.24, 2.45) is 0 Å². The zero-order valence-electron chi connectivity index (χ0n) is 16.0. The fourth-order valence-corrected chi connectivity index (χ4v) is 2.46. The lowest BCUT2D eigenvalue weighted by Gasteiger charge is -2.09. The lowest BCUT2D eigenvalue weighted by atomic mass is 10.1. The predicted molar refractivity (Wildman–Crippen MR) is 106 cm³/mol. The zero-order chi connectivity index (χ0) is 22.1. The van der Waals surface area contributed by atoms with Crippen LogP contribution in [0, 0.1) is 21.4 Å². The number of nitrogens with one attached hydrogen (secondary N) is 2. The second-order valence-electron chi connectivity index (χ2n) is 6.04. The highest BCUT2D eigenvalue weighted by Gasteiger charge is 2.18. The number of nitro benzene ring substituents is 1. The molecule has 10 heteroatoms. The summed E-state index contributed by atoms with van der Waals surface area (Å²) in [5, 5.41) is 25.3. The summed E-state index contributed by atoms with van der Waals surface area (Å²) in [7, 11) is 1.23. The molecule has 0 saturated carbocycles. The molecule has 2 N–H and O–H groups in total. The van der Waals surface area contributed by atoms with Gasteiger partial charge in [-0.2, -0.15) is 5.26 Å². The summed E-state index contributed by atoms with van der Waals surface area (Å²) in [5.41, 5.74) is 0.508. The third-order valence-corrected chi connectivity index (χ3v) is 4.07. The van der Waals surface area contributed by atoms with Gasteiger partial charge in [0.1, 0.15) is 5.69 Å². The van der Waals surface area contributed by atoms with Gasteiger partial charge >= 0.3 is 5.97 Å². The number of ketones is 1. The monoisotopic (exact) mass is 410 g/mol. The molecule has 1 amide bonds. The Balaban J connectivity index is 2.06. The molecule has 0 aromatic heterocycles. The van der Waals surface area contributed by atoms with Gasteiger partial charge in [0.05, 0.1) is 36.6 Å². The number of ether oxygens (including phenoxy) is 1. The SMILES string of the molecule is COC(=O)CCNC(=O)c1ccc(NCC(=O)c2ccc(C#N)cc2)c([N+](=O)[O-])c1. The fraction of sp³-hybridized carbons (Fsp3) is 0.200. The summed E-state index contributed by atoms with van der Waals surface area (Å²) in [6.45, 7) is -0.185. The van der Waals surface area contributed by atoms with Crippen LogP contribution in [0.4, 0.5) is 11.4 Å². The molecule has 2 aromatic rings. The highest BCUT2D eigenvalue weighted by atomic mass is 16.6. The Morgan fingerprint density at radius 1 is 1.13 bits per heavy atom. The number of carbonyl (C=O) groups is 3. The average molecular weight is 410 g/mol. The number of Topliss-reactive ketones (excluding diaryl/α,β-unsaturated/α-hetero) is 1. The number of esters is 1. The number of nitro groups is 1. The Morgan fingerprint density at radius 3 is 2.40 bits per heavy atom. The molecule has 2 aromatic carbocycles. The lowest BCUT2D eigenvalue weighted by Crippen LogP contribution is -2.26. The fourth-order valence-electron chi connectivity index (χ4n) is 2.46. The van der Waals surface area contributed by atoms with E-state index in [2.05, 4.69) is 15.4 Å².